The van der Waals surface area contributed by atoms with Crippen LogP contribution in [0.1, 0.15) is 26.7 Å². The molecule has 0 saturated carbocycles. The molecule has 0 aromatic heterocycles. The van der Waals surface area contributed by atoms with Crippen LogP contribution in [0.25, 0.3) is 0 Å². The van der Waals surface area contributed by atoms with E-state index in [1.165, 1.54) is 12.2 Å². The lowest BCUT2D eigenvalue weighted by Gasteiger charge is -2.34. The Morgan fingerprint density at radius 1 is 0.842 bits per heavy atom. The van der Waals surface area contributed by atoms with Crippen molar-refractivity contribution in [1.29, 1.82) is 0 Å². The molecule has 0 aliphatic heterocycles. The summed E-state index contributed by atoms with van der Waals surface area (Å²) in [5.41, 5.74) is 1.64. The van der Waals surface area contributed by atoms with Gasteiger partial charge in [0.25, 0.3) is 0 Å². The zero-order valence-corrected chi connectivity index (χ0v) is 11.2. The van der Waals surface area contributed by atoms with Gasteiger partial charge < -0.3 is 20.4 Å². The van der Waals surface area contributed by atoms with Crippen molar-refractivity contribution in [3.05, 3.63) is 47.6 Å². The van der Waals surface area contributed by atoms with E-state index in [4.69, 9.17) is 0 Å². The van der Waals surface area contributed by atoms with Crippen LogP contribution < -0.4 is 0 Å². The largest absolute Gasteiger partial charge is 0.362 e. The van der Waals surface area contributed by atoms with Gasteiger partial charge in [-0.15, -0.1) is 0 Å². The molecule has 0 radical (unpaired) electrons. The average molecular weight is 264 g/mol. The molecule has 104 valence electrons. The van der Waals surface area contributed by atoms with Crippen LogP contribution in [0.3, 0.4) is 0 Å². The Morgan fingerprint density at radius 3 is 1.47 bits per heavy atom. The molecule has 0 heterocycles. The first kappa shape index (κ1) is 14.2. The molecular weight excluding hydrogens is 244 g/mol. The van der Waals surface area contributed by atoms with Crippen LogP contribution in [0.2, 0.25) is 0 Å². The summed E-state index contributed by atoms with van der Waals surface area (Å²) < 4.78 is 0. The van der Waals surface area contributed by atoms with Crippen LogP contribution in [0.5, 0.6) is 0 Å². The lowest BCUT2D eigenvalue weighted by atomic mass is 9.73. The van der Waals surface area contributed by atoms with E-state index in [0.29, 0.717) is 0 Å². The highest BCUT2D eigenvalue weighted by Gasteiger charge is 2.32. The molecule has 0 fully saturated rings. The molecule has 4 N–H and O–H groups in total. The maximum absolute atomic E-state index is 9.47. The molecule has 0 saturated heterocycles. The lowest BCUT2D eigenvalue weighted by Crippen LogP contribution is -2.30. The molecule has 0 aromatic rings. The monoisotopic (exact) mass is 264 g/mol. The SMILES string of the molecule is CC(C)(C1=CCC(O)(O)C=C1)C1=CCC(O)(O)C=C1. The summed E-state index contributed by atoms with van der Waals surface area (Å²) in [5.74, 6) is -3.52. The topological polar surface area (TPSA) is 80.9 Å². The summed E-state index contributed by atoms with van der Waals surface area (Å²) >= 11 is 0. The predicted molar refractivity (Wildman–Crippen MR) is 71.8 cm³/mol. The van der Waals surface area contributed by atoms with Gasteiger partial charge in [0.05, 0.1) is 0 Å². The fourth-order valence-corrected chi connectivity index (χ4v) is 2.33. The van der Waals surface area contributed by atoms with Crippen molar-refractivity contribution in [1.82, 2.24) is 0 Å². The van der Waals surface area contributed by atoms with Crippen LogP contribution >= 0.6 is 0 Å². The predicted octanol–water partition coefficient (Wildman–Crippen LogP) is 1.15. The Balaban J connectivity index is 2.21. The Labute approximate surface area is 112 Å². The highest BCUT2D eigenvalue weighted by molar-refractivity contribution is 5.43. The number of aliphatic hydroxyl groups is 4. The fourth-order valence-electron chi connectivity index (χ4n) is 2.33. The fraction of sp³-hybridized carbons (Fsp3) is 0.467. The van der Waals surface area contributed by atoms with Gasteiger partial charge in [-0.25, -0.2) is 0 Å². The second kappa shape index (κ2) is 4.42. The second-order valence-electron chi connectivity index (χ2n) is 5.78. The van der Waals surface area contributed by atoms with Crippen molar-refractivity contribution < 1.29 is 20.4 Å². The first-order valence-electron chi connectivity index (χ1n) is 6.32. The van der Waals surface area contributed by atoms with Crippen molar-refractivity contribution in [2.75, 3.05) is 0 Å². The Bertz CT molecular complexity index is 446. The Kier molecular flexibility index (Phi) is 3.31. The van der Waals surface area contributed by atoms with Gasteiger partial charge in [-0.3, -0.25) is 0 Å². The molecule has 2 aliphatic carbocycles. The van der Waals surface area contributed by atoms with Crippen molar-refractivity contribution >= 4 is 0 Å². The second-order valence-corrected chi connectivity index (χ2v) is 5.78. The standard InChI is InChI=1S/C15H20O4/c1-13(2,11-3-7-14(16,17)8-4-11)12-5-9-15(18,19)10-6-12/h3-7,9,16-19H,8,10H2,1-2H3. The van der Waals surface area contributed by atoms with Crippen LogP contribution in [0, 0.1) is 5.41 Å². The van der Waals surface area contributed by atoms with E-state index in [9.17, 15) is 20.4 Å². The molecular formula is C15H20O4. The van der Waals surface area contributed by atoms with Crippen LogP contribution in [0.15, 0.2) is 47.6 Å². The van der Waals surface area contributed by atoms with E-state index in [-0.39, 0.29) is 18.3 Å². The van der Waals surface area contributed by atoms with E-state index >= 15 is 0 Å². The zero-order valence-electron chi connectivity index (χ0n) is 11.2. The third-order valence-electron chi connectivity index (χ3n) is 3.75. The molecule has 0 spiro atoms. The Hall–Kier alpha value is -1.20. The first-order valence-corrected chi connectivity index (χ1v) is 6.32. The zero-order chi connectivity index (χ0) is 14.3. The van der Waals surface area contributed by atoms with Gasteiger partial charge in [-0.1, -0.05) is 38.2 Å². The molecule has 2 aliphatic rings. The smallest absolute Gasteiger partial charge is 0.186 e. The summed E-state index contributed by atoms with van der Waals surface area (Å²) in [5, 5.41) is 37.9. The molecule has 0 unspecified atom stereocenters. The van der Waals surface area contributed by atoms with Crippen LogP contribution in [-0.4, -0.2) is 32.0 Å². The van der Waals surface area contributed by atoms with E-state index in [1.807, 2.05) is 13.8 Å². The summed E-state index contributed by atoms with van der Waals surface area (Å²) in [6.45, 7) is 4.03. The third-order valence-corrected chi connectivity index (χ3v) is 3.75. The van der Waals surface area contributed by atoms with Crippen molar-refractivity contribution in [3.63, 3.8) is 0 Å². The van der Waals surface area contributed by atoms with Crippen LogP contribution in [0.4, 0.5) is 0 Å². The van der Waals surface area contributed by atoms with Crippen molar-refractivity contribution in [2.24, 2.45) is 5.41 Å². The van der Waals surface area contributed by atoms with Gasteiger partial charge in [-0.05, 0) is 23.3 Å². The quantitative estimate of drug-likeness (QED) is 0.564. The maximum atomic E-state index is 9.47. The average Bonchev–Trinajstić information content (AvgIpc) is 2.27. The molecule has 0 bridgehead atoms. The summed E-state index contributed by atoms with van der Waals surface area (Å²) in [4.78, 5) is 0. The van der Waals surface area contributed by atoms with E-state index < -0.39 is 11.6 Å². The van der Waals surface area contributed by atoms with Crippen molar-refractivity contribution in [3.8, 4) is 0 Å². The van der Waals surface area contributed by atoms with Gasteiger partial charge in [-0.2, -0.15) is 0 Å². The van der Waals surface area contributed by atoms with Gasteiger partial charge in [0, 0.05) is 18.3 Å². The third kappa shape index (κ3) is 3.04. The Morgan fingerprint density at radius 2 is 1.21 bits per heavy atom. The molecule has 0 aromatic carbocycles. The summed E-state index contributed by atoms with van der Waals surface area (Å²) in [6, 6.07) is 0. The number of rotatable bonds is 2. The first-order chi connectivity index (χ1) is 8.62. The minimum Gasteiger partial charge on any atom is -0.362 e. The lowest BCUT2D eigenvalue weighted by molar-refractivity contribution is -0.115. The maximum Gasteiger partial charge on any atom is 0.186 e. The minimum atomic E-state index is -1.76. The van der Waals surface area contributed by atoms with E-state index in [2.05, 4.69) is 0 Å². The molecule has 19 heavy (non-hydrogen) atoms. The molecule has 4 heteroatoms. The van der Waals surface area contributed by atoms with Gasteiger partial charge >= 0.3 is 0 Å². The van der Waals surface area contributed by atoms with Crippen LogP contribution in [-0.2, 0) is 0 Å². The van der Waals surface area contributed by atoms with Gasteiger partial charge in [0.1, 0.15) is 0 Å². The molecule has 4 nitrogen and oxygen atoms in total. The molecule has 2 rings (SSSR count). The summed E-state index contributed by atoms with van der Waals surface area (Å²) in [7, 11) is 0. The van der Waals surface area contributed by atoms with E-state index in [0.717, 1.165) is 11.1 Å². The summed E-state index contributed by atoms with van der Waals surface area (Å²) in [6.07, 6.45) is 10.1. The normalized spacial score (nSPS) is 24.9. The number of allylic oxidation sites excluding steroid dienone is 4. The minimum absolute atomic E-state index is 0.156. The number of hydrogen-bond acceptors (Lipinski definition) is 4. The van der Waals surface area contributed by atoms with E-state index in [1.54, 1.807) is 24.3 Å². The number of hydrogen-bond donors (Lipinski definition) is 4. The van der Waals surface area contributed by atoms with Crippen molar-refractivity contribution in [2.45, 2.75) is 38.3 Å². The highest BCUT2D eigenvalue weighted by Crippen LogP contribution is 2.41. The molecule has 0 amide bonds. The molecule has 0 atom stereocenters. The van der Waals surface area contributed by atoms with Gasteiger partial charge in [0.15, 0.2) is 11.6 Å². The van der Waals surface area contributed by atoms with Gasteiger partial charge in [0.2, 0.25) is 0 Å². The highest BCUT2D eigenvalue weighted by atomic mass is 16.5.